The van der Waals surface area contributed by atoms with E-state index in [9.17, 15) is 14.9 Å². The number of nitro benzene ring substituents is 1. The molecule has 2 aromatic carbocycles. The molecule has 0 saturated heterocycles. The number of carbonyl (C=O) groups is 1. The van der Waals surface area contributed by atoms with E-state index in [2.05, 4.69) is 20.7 Å². The van der Waals surface area contributed by atoms with Gasteiger partial charge in [0.2, 0.25) is 0 Å². The molecule has 138 valence electrons. The van der Waals surface area contributed by atoms with Crippen molar-refractivity contribution in [2.45, 2.75) is 12.6 Å². The number of nitrogens with one attached hydrogen (secondary N) is 2. The molecule has 9 nitrogen and oxygen atoms in total. The lowest BCUT2D eigenvalue weighted by molar-refractivity contribution is -0.384. The molecule has 2 N–H and O–H groups in total. The van der Waals surface area contributed by atoms with E-state index in [1.165, 1.54) is 24.5 Å². The highest BCUT2D eigenvalue weighted by atomic mass is 35.5. The number of aromatic nitrogens is 3. The summed E-state index contributed by atoms with van der Waals surface area (Å²) < 4.78 is 1.60. The van der Waals surface area contributed by atoms with Crippen molar-refractivity contribution in [2.24, 2.45) is 0 Å². The normalized spacial score (nSPS) is 11.6. The van der Waals surface area contributed by atoms with Crippen LogP contribution in [0.5, 0.6) is 0 Å². The van der Waals surface area contributed by atoms with Crippen molar-refractivity contribution in [3.63, 3.8) is 0 Å². The van der Waals surface area contributed by atoms with Gasteiger partial charge >= 0.3 is 6.03 Å². The van der Waals surface area contributed by atoms with E-state index in [-0.39, 0.29) is 22.4 Å². The number of halogens is 1. The fraction of sp³-hybridized carbons (Fsp3) is 0.118. The number of nitro groups is 1. The minimum Gasteiger partial charge on any atom is -0.329 e. The molecule has 10 heteroatoms. The van der Waals surface area contributed by atoms with Crippen LogP contribution < -0.4 is 10.6 Å². The first-order chi connectivity index (χ1) is 13.0. The van der Waals surface area contributed by atoms with Gasteiger partial charge in [0.15, 0.2) is 0 Å². The second kappa shape index (κ2) is 8.28. The largest absolute Gasteiger partial charge is 0.329 e. The van der Waals surface area contributed by atoms with Crippen molar-refractivity contribution in [2.75, 3.05) is 5.32 Å². The van der Waals surface area contributed by atoms with Gasteiger partial charge in [-0.3, -0.25) is 14.8 Å². The van der Waals surface area contributed by atoms with Crippen LogP contribution in [0.15, 0.2) is 61.2 Å². The first kappa shape index (κ1) is 18.3. The van der Waals surface area contributed by atoms with E-state index >= 15 is 0 Å². The van der Waals surface area contributed by atoms with Crippen LogP contribution in [-0.4, -0.2) is 25.7 Å². The number of amides is 2. The lowest BCUT2D eigenvalue weighted by Gasteiger charge is -2.19. The fourth-order valence-corrected chi connectivity index (χ4v) is 2.68. The van der Waals surface area contributed by atoms with Gasteiger partial charge in [0.25, 0.3) is 5.69 Å². The zero-order valence-electron chi connectivity index (χ0n) is 13.9. The van der Waals surface area contributed by atoms with Crippen molar-refractivity contribution >= 4 is 29.0 Å². The Morgan fingerprint density at radius 1 is 1.26 bits per heavy atom. The summed E-state index contributed by atoms with van der Waals surface area (Å²) in [6.07, 6.45) is 2.97. The third-order valence-corrected chi connectivity index (χ3v) is 4.06. The van der Waals surface area contributed by atoms with Gasteiger partial charge in [-0.15, -0.1) is 0 Å². The molecule has 0 spiro atoms. The number of anilines is 1. The number of rotatable bonds is 6. The van der Waals surface area contributed by atoms with Gasteiger partial charge in [-0.1, -0.05) is 41.9 Å². The molecule has 0 saturated carbocycles. The molecular weight excluding hydrogens is 372 g/mol. The van der Waals surface area contributed by atoms with Gasteiger partial charge in [0.05, 0.1) is 17.5 Å². The van der Waals surface area contributed by atoms with Crippen LogP contribution in [0.1, 0.15) is 11.6 Å². The van der Waals surface area contributed by atoms with Crippen LogP contribution in [-0.2, 0) is 6.54 Å². The number of benzene rings is 2. The molecular formula is C17H15ClN6O3. The van der Waals surface area contributed by atoms with Crippen LogP contribution in [0.4, 0.5) is 16.2 Å². The van der Waals surface area contributed by atoms with Gasteiger partial charge < -0.3 is 10.6 Å². The molecule has 1 unspecified atom stereocenters. The van der Waals surface area contributed by atoms with Crippen molar-refractivity contribution < 1.29 is 9.72 Å². The van der Waals surface area contributed by atoms with E-state index in [4.69, 9.17) is 11.6 Å². The molecule has 3 rings (SSSR count). The van der Waals surface area contributed by atoms with E-state index in [0.717, 1.165) is 5.56 Å². The Labute approximate surface area is 159 Å². The average Bonchev–Trinajstić information content (AvgIpc) is 3.16. The summed E-state index contributed by atoms with van der Waals surface area (Å²) in [7, 11) is 0. The van der Waals surface area contributed by atoms with Crippen molar-refractivity contribution in [1.29, 1.82) is 0 Å². The smallest absolute Gasteiger partial charge is 0.319 e. The molecule has 27 heavy (non-hydrogen) atoms. The average molecular weight is 387 g/mol. The second-order valence-electron chi connectivity index (χ2n) is 5.60. The van der Waals surface area contributed by atoms with Gasteiger partial charge in [0.1, 0.15) is 17.7 Å². The molecule has 3 aromatic rings. The Bertz CT molecular complexity index is 933. The predicted octanol–water partition coefficient (Wildman–Crippen LogP) is 3.40. The number of carbonyl (C=O) groups excluding carboxylic acids is 1. The number of urea groups is 1. The Kier molecular flexibility index (Phi) is 5.62. The van der Waals surface area contributed by atoms with Gasteiger partial charge in [-0.25, -0.2) is 9.78 Å². The first-order valence-electron chi connectivity index (χ1n) is 7.92. The maximum absolute atomic E-state index is 12.4. The maximum atomic E-state index is 12.4. The molecule has 1 aromatic heterocycles. The number of nitrogens with zero attached hydrogens (tertiary/aromatic N) is 4. The number of hydrogen-bond donors (Lipinski definition) is 2. The molecule has 0 bridgehead atoms. The molecule has 1 atom stereocenters. The van der Waals surface area contributed by atoms with Gasteiger partial charge in [0, 0.05) is 11.8 Å². The highest BCUT2D eigenvalue weighted by Gasteiger charge is 2.18. The Hall–Kier alpha value is -3.46. The van der Waals surface area contributed by atoms with Gasteiger partial charge in [-0.05, 0) is 17.7 Å². The Balaban J connectivity index is 1.74. The molecule has 0 fully saturated rings. The van der Waals surface area contributed by atoms with Crippen LogP contribution in [0.2, 0.25) is 5.02 Å². The summed E-state index contributed by atoms with van der Waals surface area (Å²) in [6.45, 7) is 0.373. The lowest BCUT2D eigenvalue weighted by atomic mass is 10.1. The summed E-state index contributed by atoms with van der Waals surface area (Å²) in [5.41, 5.74) is 0.859. The quantitative estimate of drug-likeness (QED) is 0.497. The molecule has 0 aliphatic rings. The third-order valence-electron chi connectivity index (χ3n) is 3.74. The van der Waals surface area contributed by atoms with E-state index in [1.54, 1.807) is 11.0 Å². The molecule has 0 aliphatic heterocycles. The van der Waals surface area contributed by atoms with E-state index in [0.29, 0.717) is 6.54 Å². The fourth-order valence-electron chi connectivity index (χ4n) is 2.49. The highest BCUT2D eigenvalue weighted by molar-refractivity contribution is 6.32. The molecule has 2 amide bonds. The van der Waals surface area contributed by atoms with Crippen molar-refractivity contribution in [3.05, 3.63) is 81.9 Å². The monoisotopic (exact) mass is 386 g/mol. The summed E-state index contributed by atoms with van der Waals surface area (Å²) >= 11 is 5.79. The Morgan fingerprint density at radius 3 is 2.70 bits per heavy atom. The minimum absolute atomic E-state index is 0.000646. The lowest BCUT2D eigenvalue weighted by Crippen LogP contribution is -2.35. The topological polar surface area (TPSA) is 115 Å². The van der Waals surface area contributed by atoms with E-state index < -0.39 is 11.0 Å². The molecule has 1 heterocycles. The van der Waals surface area contributed by atoms with Crippen LogP contribution in [0.25, 0.3) is 0 Å². The summed E-state index contributed by atoms with van der Waals surface area (Å²) in [5.74, 6) is 0. The summed E-state index contributed by atoms with van der Waals surface area (Å²) in [5, 5.41) is 20.5. The summed E-state index contributed by atoms with van der Waals surface area (Å²) in [4.78, 5) is 26.7. The zero-order chi connectivity index (χ0) is 19.2. The van der Waals surface area contributed by atoms with E-state index in [1.807, 2.05) is 30.3 Å². The molecule has 0 aliphatic carbocycles. The standard InChI is InChI=1S/C17H15ClN6O3/c18-14-7-6-13(8-16(14)24(26)27)21-17(25)22-15(9-23-11-19-10-20-23)12-4-2-1-3-5-12/h1-8,10-11,15H,9H2,(H2,21,22,25). The minimum atomic E-state index is -0.608. The van der Waals surface area contributed by atoms with Gasteiger partial charge in [-0.2, -0.15) is 5.10 Å². The third kappa shape index (κ3) is 4.79. The van der Waals surface area contributed by atoms with Crippen molar-refractivity contribution in [1.82, 2.24) is 20.1 Å². The predicted molar refractivity (Wildman–Crippen MR) is 99.5 cm³/mol. The van der Waals surface area contributed by atoms with Crippen LogP contribution in [0.3, 0.4) is 0 Å². The zero-order valence-corrected chi connectivity index (χ0v) is 14.7. The SMILES string of the molecule is O=C(Nc1ccc(Cl)c([N+](=O)[O-])c1)NC(Cn1cncn1)c1ccccc1. The second-order valence-corrected chi connectivity index (χ2v) is 6.01. The van der Waals surface area contributed by atoms with Crippen LogP contribution >= 0.6 is 11.6 Å². The highest BCUT2D eigenvalue weighted by Crippen LogP contribution is 2.27. The van der Waals surface area contributed by atoms with Crippen LogP contribution in [0, 0.1) is 10.1 Å². The Morgan fingerprint density at radius 2 is 2.04 bits per heavy atom. The summed E-state index contributed by atoms with van der Waals surface area (Å²) in [6, 6.07) is 12.5. The number of hydrogen-bond acceptors (Lipinski definition) is 5. The van der Waals surface area contributed by atoms with Crippen molar-refractivity contribution in [3.8, 4) is 0 Å². The first-order valence-corrected chi connectivity index (χ1v) is 8.29. The molecule has 0 radical (unpaired) electrons. The maximum Gasteiger partial charge on any atom is 0.319 e.